The first-order valence-electron chi connectivity index (χ1n) is 5.55. The van der Waals surface area contributed by atoms with Crippen LogP contribution in [0.5, 0.6) is 0 Å². The summed E-state index contributed by atoms with van der Waals surface area (Å²) in [5, 5.41) is 1.44. The normalized spacial score (nSPS) is 18.8. The fraction of sp³-hybridized carbons (Fsp3) is 0.909. The van der Waals surface area contributed by atoms with Crippen LogP contribution in [0.25, 0.3) is 0 Å². The minimum absolute atomic E-state index is 0.777. The molecule has 1 rings (SSSR count). The molecule has 1 unspecified atom stereocenters. The number of rotatable bonds is 6. The lowest BCUT2D eigenvalue weighted by Gasteiger charge is -2.13. The van der Waals surface area contributed by atoms with Crippen molar-refractivity contribution in [2.24, 2.45) is 10.9 Å². The molecular weight excluding hydrogens is 178 g/mol. The second kappa shape index (κ2) is 6.47. The lowest BCUT2D eigenvalue weighted by Crippen LogP contribution is -2.08. The van der Waals surface area contributed by atoms with Gasteiger partial charge in [-0.1, -0.05) is 33.1 Å². The Hall–Kier alpha value is 0.0200. The van der Waals surface area contributed by atoms with E-state index in [1.54, 1.807) is 0 Å². The van der Waals surface area contributed by atoms with E-state index in [9.17, 15) is 0 Å². The van der Waals surface area contributed by atoms with Gasteiger partial charge >= 0.3 is 0 Å². The Balaban J connectivity index is 2.25. The maximum absolute atomic E-state index is 4.57. The summed E-state index contributed by atoms with van der Waals surface area (Å²) in [6.07, 6.45) is 6.73. The lowest BCUT2D eigenvalue weighted by atomic mass is 10.00. The Morgan fingerprint density at radius 2 is 2.23 bits per heavy atom. The predicted molar refractivity (Wildman–Crippen MR) is 62.7 cm³/mol. The molecule has 0 aliphatic carbocycles. The van der Waals surface area contributed by atoms with Gasteiger partial charge in [0.25, 0.3) is 0 Å². The molecular formula is C11H21NS. The Kier molecular flexibility index (Phi) is 5.52. The largest absolute Gasteiger partial charge is 0.282 e. The molecule has 0 fully saturated rings. The highest BCUT2D eigenvalue weighted by molar-refractivity contribution is 8.14. The van der Waals surface area contributed by atoms with E-state index in [1.165, 1.54) is 42.9 Å². The highest BCUT2D eigenvalue weighted by atomic mass is 32.2. The fourth-order valence-electron chi connectivity index (χ4n) is 1.74. The van der Waals surface area contributed by atoms with Crippen LogP contribution in [0.4, 0.5) is 0 Å². The standard InChI is InChI=1S/C11H21NS/c1-3-5-6-7-10(4-2)11-12-8-9-13-11/h10H,3-9H2,1-2H3. The van der Waals surface area contributed by atoms with Crippen molar-refractivity contribution in [1.82, 2.24) is 0 Å². The van der Waals surface area contributed by atoms with Crippen molar-refractivity contribution in [3.05, 3.63) is 0 Å². The van der Waals surface area contributed by atoms with Gasteiger partial charge in [-0.3, -0.25) is 4.99 Å². The smallest absolute Gasteiger partial charge is 0.0707 e. The van der Waals surface area contributed by atoms with Gasteiger partial charge in [-0.2, -0.15) is 0 Å². The highest BCUT2D eigenvalue weighted by Crippen LogP contribution is 2.25. The summed E-state index contributed by atoms with van der Waals surface area (Å²) in [7, 11) is 0. The summed E-state index contributed by atoms with van der Waals surface area (Å²) >= 11 is 1.98. The van der Waals surface area contributed by atoms with E-state index in [0.717, 1.165) is 12.5 Å². The van der Waals surface area contributed by atoms with Gasteiger partial charge in [0.15, 0.2) is 0 Å². The van der Waals surface area contributed by atoms with E-state index in [4.69, 9.17) is 0 Å². The SMILES string of the molecule is CCCCCC(CC)C1=NCCS1. The summed E-state index contributed by atoms with van der Waals surface area (Å²) < 4.78 is 0. The maximum Gasteiger partial charge on any atom is 0.0707 e. The Labute approximate surface area is 86.4 Å². The van der Waals surface area contributed by atoms with E-state index >= 15 is 0 Å². The molecule has 0 aromatic rings. The monoisotopic (exact) mass is 199 g/mol. The third-order valence-electron chi connectivity index (χ3n) is 2.61. The number of thioether (sulfide) groups is 1. The van der Waals surface area contributed by atoms with Crippen molar-refractivity contribution < 1.29 is 0 Å². The van der Waals surface area contributed by atoms with Crippen LogP contribution in [0, 0.1) is 5.92 Å². The zero-order valence-electron chi connectivity index (χ0n) is 8.88. The van der Waals surface area contributed by atoms with Crippen molar-refractivity contribution >= 4 is 16.8 Å². The van der Waals surface area contributed by atoms with Crippen LogP contribution in [0.15, 0.2) is 4.99 Å². The average molecular weight is 199 g/mol. The molecule has 1 aliphatic rings. The van der Waals surface area contributed by atoms with Gasteiger partial charge in [-0.15, -0.1) is 11.8 Å². The van der Waals surface area contributed by atoms with Crippen LogP contribution in [0.3, 0.4) is 0 Å². The first kappa shape index (κ1) is 11.1. The molecule has 0 spiro atoms. The third-order valence-corrected chi connectivity index (χ3v) is 3.75. The molecule has 0 aromatic heterocycles. The molecule has 0 radical (unpaired) electrons. The zero-order valence-corrected chi connectivity index (χ0v) is 9.70. The Morgan fingerprint density at radius 1 is 1.38 bits per heavy atom. The molecule has 0 bridgehead atoms. The molecule has 13 heavy (non-hydrogen) atoms. The van der Waals surface area contributed by atoms with Gasteiger partial charge in [0.2, 0.25) is 0 Å². The van der Waals surface area contributed by atoms with Crippen molar-refractivity contribution in [3.63, 3.8) is 0 Å². The molecule has 2 heteroatoms. The van der Waals surface area contributed by atoms with Crippen LogP contribution in [0.2, 0.25) is 0 Å². The van der Waals surface area contributed by atoms with E-state index < -0.39 is 0 Å². The van der Waals surface area contributed by atoms with E-state index in [2.05, 4.69) is 18.8 Å². The van der Waals surface area contributed by atoms with Crippen molar-refractivity contribution in [1.29, 1.82) is 0 Å². The van der Waals surface area contributed by atoms with Crippen LogP contribution in [-0.4, -0.2) is 17.3 Å². The average Bonchev–Trinajstić information content (AvgIpc) is 2.65. The summed E-state index contributed by atoms with van der Waals surface area (Å²) in [5.41, 5.74) is 0. The number of hydrogen-bond acceptors (Lipinski definition) is 2. The molecule has 0 amide bonds. The van der Waals surface area contributed by atoms with Crippen LogP contribution >= 0.6 is 11.8 Å². The molecule has 1 atom stereocenters. The minimum Gasteiger partial charge on any atom is -0.282 e. The van der Waals surface area contributed by atoms with E-state index in [1.807, 2.05) is 11.8 Å². The van der Waals surface area contributed by atoms with E-state index in [0.29, 0.717) is 0 Å². The number of hydrogen-bond donors (Lipinski definition) is 0. The van der Waals surface area contributed by atoms with Crippen LogP contribution < -0.4 is 0 Å². The summed E-state index contributed by atoms with van der Waals surface area (Å²) in [4.78, 5) is 4.57. The Morgan fingerprint density at radius 3 is 2.77 bits per heavy atom. The summed E-state index contributed by atoms with van der Waals surface area (Å²) in [6, 6.07) is 0. The second-order valence-corrected chi connectivity index (χ2v) is 4.78. The molecule has 0 saturated carbocycles. The van der Waals surface area contributed by atoms with Crippen LogP contribution in [-0.2, 0) is 0 Å². The van der Waals surface area contributed by atoms with Crippen molar-refractivity contribution in [2.75, 3.05) is 12.3 Å². The highest BCUT2D eigenvalue weighted by Gasteiger charge is 2.16. The fourth-order valence-corrected chi connectivity index (χ4v) is 2.84. The Bertz CT molecular complexity index is 165. The van der Waals surface area contributed by atoms with Gasteiger partial charge in [0.05, 0.1) is 5.04 Å². The molecule has 0 N–H and O–H groups in total. The predicted octanol–water partition coefficient (Wildman–Crippen LogP) is 3.74. The number of nitrogens with zero attached hydrogens (tertiary/aromatic N) is 1. The first-order valence-corrected chi connectivity index (χ1v) is 6.54. The van der Waals surface area contributed by atoms with Gasteiger partial charge < -0.3 is 0 Å². The summed E-state index contributed by atoms with van der Waals surface area (Å²) in [6.45, 7) is 5.62. The number of aliphatic imine (C=N–C) groups is 1. The number of unbranched alkanes of at least 4 members (excludes halogenated alkanes) is 2. The zero-order chi connectivity index (χ0) is 9.52. The maximum atomic E-state index is 4.57. The molecule has 0 aromatic carbocycles. The summed E-state index contributed by atoms with van der Waals surface area (Å²) in [5.74, 6) is 2.00. The minimum atomic E-state index is 0.777. The topological polar surface area (TPSA) is 12.4 Å². The van der Waals surface area contributed by atoms with E-state index in [-0.39, 0.29) is 0 Å². The van der Waals surface area contributed by atoms with Gasteiger partial charge in [-0.25, -0.2) is 0 Å². The third kappa shape index (κ3) is 3.72. The second-order valence-electron chi connectivity index (χ2n) is 3.67. The van der Waals surface area contributed by atoms with Crippen LogP contribution in [0.1, 0.15) is 46.0 Å². The lowest BCUT2D eigenvalue weighted by molar-refractivity contribution is 0.556. The van der Waals surface area contributed by atoms with Gasteiger partial charge in [0.1, 0.15) is 0 Å². The van der Waals surface area contributed by atoms with Gasteiger partial charge in [0, 0.05) is 18.2 Å². The van der Waals surface area contributed by atoms with Gasteiger partial charge in [-0.05, 0) is 12.8 Å². The first-order chi connectivity index (χ1) is 6.38. The van der Waals surface area contributed by atoms with Crippen molar-refractivity contribution in [3.8, 4) is 0 Å². The quantitative estimate of drug-likeness (QED) is 0.594. The molecule has 1 aliphatic heterocycles. The molecule has 1 heterocycles. The molecule has 0 saturated heterocycles. The molecule has 1 nitrogen and oxygen atoms in total. The van der Waals surface area contributed by atoms with Crippen molar-refractivity contribution in [2.45, 2.75) is 46.0 Å². The molecule has 76 valence electrons.